The van der Waals surface area contributed by atoms with Crippen LogP contribution in [0.3, 0.4) is 0 Å². The summed E-state index contributed by atoms with van der Waals surface area (Å²) in [6.07, 6.45) is 0.477. The number of aldehydes is 1. The van der Waals surface area contributed by atoms with Crippen molar-refractivity contribution >= 4 is 23.7 Å². The van der Waals surface area contributed by atoms with Crippen LogP contribution in [0, 0.1) is 11.6 Å². The van der Waals surface area contributed by atoms with Gasteiger partial charge in [0.1, 0.15) is 11.6 Å². The van der Waals surface area contributed by atoms with Crippen molar-refractivity contribution in [2.24, 2.45) is 0 Å². The third-order valence-electron chi connectivity index (χ3n) is 3.09. The van der Waals surface area contributed by atoms with Crippen molar-refractivity contribution in [3.05, 3.63) is 53.0 Å². The second-order valence-electron chi connectivity index (χ2n) is 4.43. The average molecular weight is 291 g/mol. The number of rotatable bonds is 3. The number of carbonyl (C=O) groups excluding carboxylic acids is 3. The average Bonchev–Trinajstić information content (AvgIpc) is 2.98. The van der Waals surface area contributed by atoms with E-state index >= 15 is 0 Å². The summed E-state index contributed by atoms with van der Waals surface area (Å²) in [5, 5.41) is 0. The van der Waals surface area contributed by atoms with Gasteiger partial charge in [-0.25, -0.2) is 8.78 Å². The van der Waals surface area contributed by atoms with Crippen LogP contribution < -0.4 is 4.90 Å². The summed E-state index contributed by atoms with van der Waals surface area (Å²) in [5.74, 6) is -3.65. The number of fused-ring (bicyclic) bond motifs is 1. The van der Waals surface area contributed by atoms with Crippen LogP contribution in [0.5, 0.6) is 0 Å². The maximum absolute atomic E-state index is 13.8. The van der Waals surface area contributed by atoms with Gasteiger partial charge in [0.15, 0.2) is 17.9 Å². The van der Waals surface area contributed by atoms with Gasteiger partial charge in [-0.05, 0) is 18.2 Å². The highest BCUT2D eigenvalue weighted by Crippen LogP contribution is 2.33. The van der Waals surface area contributed by atoms with Crippen LogP contribution in [-0.2, 0) is 11.3 Å². The first-order chi connectivity index (χ1) is 10.0. The van der Waals surface area contributed by atoms with Crippen LogP contribution in [-0.4, -0.2) is 18.0 Å². The van der Waals surface area contributed by atoms with E-state index in [4.69, 9.17) is 4.42 Å². The molecule has 5 nitrogen and oxygen atoms in total. The zero-order valence-electron chi connectivity index (χ0n) is 10.4. The Morgan fingerprint density at radius 1 is 1.19 bits per heavy atom. The van der Waals surface area contributed by atoms with E-state index in [0.29, 0.717) is 12.4 Å². The molecule has 0 N–H and O–H groups in total. The Hall–Kier alpha value is -2.83. The van der Waals surface area contributed by atoms with Crippen molar-refractivity contribution in [3.63, 3.8) is 0 Å². The monoisotopic (exact) mass is 291 g/mol. The number of anilines is 1. The molecular formula is C14H7F2NO4. The number of hydrogen-bond acceptors (Lipinski definition) is 4. The first-order valence-corrected chi connectivity index (χ1v) is 5.90. The lowest BCUT2D eigenvalue weighted by atomic mass is 10.1. The minimum atomic E-state index is -1.01. The Morgan fingerprint density at radius 2 is 1.95 bits per heavy atom. The third kappa shape index (κ3) is 2.03. The Bertz CT molecular complexity index is 781. The molecule has 2 heterocycles. The van der Waals surface area contributed by atoms with E-state index in [1.54, 1.807) is 0 Å². The normalized spacial score (nSPS) is 13.7. The van der Waals surface area contributed by atoms with Gasteiger partial charge < -0.3 is 4.42 Å². The lowest BCUT2D eigenvalue weighted by Crippen LogP contribution is -2.29. The molecule has 1 aromatic heterocycles. The topological polar surface area (TPSA) is 67.6 Å². The zero-order valence-corrected chi connectivity index (χ0v) is 10.4. The molecule has 0 saturated carbocycles. The highest BCUT2D eigenvalue weighted by atomic mass is 19.1. The smallest absolute Gasteiger partial charge is 0.299 e. The molecule has 1 aliphatic rings. The van der Waals surface area contributed by atoms with Crippen molar-refractivity contribution in [3.8, 4) is 0 Å². The van der Waals surface area contributed by atoms with E-state index in [1.165, 1.54) is 12.1 Å². The van der Waals surface area contributed by atoms with E-state index in [0.717, 1.165) is 11.0 Å². The second-order valence-corrected chi connectivity index (χ2v) is 4.43. The lowest BCUT2D eigenvalue weighted by Gasteiger charge is -2.15. The van der Waals surface area contributed by atoms with Crippen molar-refractivity contribution in [1.82, 2.24) is 0 Å². The van der Waals surface area contributed by atoms with Crippen LogP contribution in [0.25, 0.3) is 0 Å². The number of Topliss-reactive ketones (excluding diaryl/α,β-unsaturated/α-hetero) is 1. The molecule has 1 aromatic carbocycles. The van der Waals surface area contributed by atoms with Gasteiger partial charge in [0.2, 0.25) is 0 Å². The number of furan rings is 1. The second kappa shape index (κ2) is 4.62. The molecule has 21 heavy (non-hydrogen) atoms. The summed E-state index contributed by atoms with van der Waals surface area (Å²) in [5.41, 5.74) is -0.602. The molecule has 0 spiro atoms. The SMILES string of the molecule is O=Cc1ccc(CN2C(=O)C(=O)c3cc(F)cc(F)c32)o1. The van der Waals surface area contributed by atoms with E-state index in [9.17, 15) is 23.2 Å². The van der Waals surface area contributed by atoms with Crippen molar-refractivity contribution in [2.45, 2.75) is 6.54 Å². The summed E-state index contributed by atoms with van der Waals surface area (Å²) in [7, 11) is 0. The van der Waals surface area contributed by atoms with Crippen molar-refractivity contribution < 1.29 is 27.6 Å². The maximum atomic E-state index is 13.8. The van der Waals surface area contributed by atoms with Crippen LogP contribution in [0.2, 0.25) is 0 Å². The number of hydrogen-bond donors (Lipinski definition) is 0. The molecule has 0 aliphatic carbocycles. The number of nitrogens with zero attached hydrogens (tertiary/aromatic N) is 1. The molecule has 0 radical (unpaired) electrons. The molecule has 0 fully saturated rings. The lowest BCUT2D eigenvalue weighted by molar-refractivity contribution is -0.114. The van der Waals surface area contributed by atoms with Gasteiger partial charge in [-0.1, -0.05) is 0 Å². The summed E-state index contributed by atoms with van der Waals surface area (Å²) in [6, 6.07) is 4.22. The van der Waals surface area contributed by atoms with Gasteiger partial charge in [0.05, 0.1) is 17.8 Å². The Balaban J connectivity index is 2.03. The van der Waals surface area contributed by atoms with Gasteiger partial charge in [-0.3, -0.25) is 19.3 Å². The van der Waals surface area contributed by atoms with Crippen molar-refractivity contribution in [1.29, 1.82) is 0 Å². The molecule has 0 saturated heterocycles. The number of amides is 1. The minimum absolute atomic E-state index is 0.0442. The quantitative estimate of drug-likeness (QED) is 0.641. The molecule has 3 rings (SSSR count). The highest BCUT2D eigenvalue weighted by Gasteiger charge is 2.39. The molecular weight excluding hydrogens is 284 g/mol. The summed E-state index contributed by atoms with van der Waals surface area (Å²) in [4.78, 5) is 35.0. The fourth-order valence-electron chi connectivity index (χ4n) is 2.20. The minimum Gasteiger partial charge on any atom is -0.456 e. The Labute approximate surface area is 116 Å². The van der Waals surface area contributed by atoms with Crippen LogP contribution in [0.4, 0.5) is 14.5 Å². The standard InChI is InChI=1S/C14H7F2NO4/c15-7-3-10-12(11(16)4-7)17(14(20)13(10)19)5-8-1-2-9(6-18)21-8/h1-4,6H,5H2. The Kier molecular flexibility index (Phi) is 2.90. The number of carbonyl (C=O) groups is 3. The highest BCUT2D eigenvalue weighted by molar-refractivity contribution is 6.52. The molecule has 2 aromatic rings. The molecule has 0 unspecified atom stereocenters. The number of benzene rings is 1. The van der Waals surface area contributed by atoms with Gasteiger partial charge in [-0.2, -0.15) is 0 Å². The molecule has 1 amide bonds. The molecule has 7 heteroatoms. The largest absolute Gasteiger partial charge is 0.456 e. The van der Waals surface area contributed by atoms with E-state index < -0.39 is 23.3 Å². The van der Waals surface area contributed by atoms with Gasteiger partial charge >= 0.3 is 0 Å². The van der Waals surface area contributed by atoms with Gasteiger partial charge in [-0.15, -0.1) is 0 Å². The summed E-state index contributed by atoms with van der Waals surface area (Å²) < 4.78 is 32.1. The fraction of sp³-hybridized carbons (Fsp3) is 0.0714. The molecule has 1 aliphatic heterocycles. The first kappa shape index (κ1) is 13.2. The number of ketones is 1. The predicted octanol–water partition coefficient (Wildman–Crippen LogP) is 2.10. The fourth-order valence-corrected chi connectivity index (χ4v) is 2.20. The maximum Gasteiger partial charge on any atom is 0.299 e. The summed E-state index contributed by atoms with van der Waals surface area (Å²) in [6.45, 7) is -0.228. The van der Waals surface area contributed by atoms with Crippen LogP contribution in [0.1, 0.15) is 26.7 Å². The van der Waals surface area contributed by atoms with Crippen LogP contribution >= 0.6 is 0 Å². The Morgan fingerprint density at radius 3 is 2.62 bits per heavy atom. The predicted molar refractivity (Wildman–Crippen MR) is 66.0 cm³/mol. The summed E-state index contributed by atoms with van der Waals surface area (Å²) >= 11 is 0. The van der Waals surface area contributed by atoms with Crippen LogP contribution in [0.15, 0.2) is 28.7 Å². The van der Waals surface area contributed by atoms with Gasteiger partial charge in [0, 0.05) is 6.07 Å². The molecule has 0 atom stereocenters. The van der Waals surface area contributed by atoms with E-state index in [-0.39, 0.29) is 29.3 Å². The molecule has 106 valence electrons. The first-order valence-electron chi connectivity index (χ1n) is 5.90. The number of halogens is 2. The molecule has 0 bridgehead atoms. The third-order valence-corrected chi connectivity index (χ3v) is 3.09. The van der Waals surface area contributed by atoms with Gasteiger partial charge in [0.25, 0.3) is 11.7 Å². The van der Waals surface area contributed by atoms with Crippen molar-refractivity contribution in [2.75, 3.05) is 4.90 Å². The van der Waals surface area contributed by atoms with E-state index in [1.807, 2.05) is 0 Å². The van der Waals surface area contributed by atoms with E-state index in [2.05, 4.69) is 0 Å². The zero-order chi connectivity index (χ0) is 15.1.